The van der Waals surface area contributed by atoms with Gasteiger partial charge in [0, 0.05) is 34.7 Å². The number of rotatable bonds is 4. The molecule has 0 aliphatic heterocycles. The second-order valence-corrected chi connectivity index (χ2v) is 5.78. The first kappa shape index (κ1) is 13.8. The summed E-state index contributed by atoms with van der Waals surface area (Å²) in [5.41, 5.74) is 1.52. The Bertz CT molecular complexity index is 713. The average molecular weight is 299 g/mol. The first-order valence-corrected chi connectivity index (χ1v) is 7.54. The predicted octanol–water partition coefficient (Wildman–Crippen LogP) is 4.36. The van der Waals surface area contributed by atoms with Crippen LogP contribution in [-0.4, -0.2) is 10.1 Å². The summed E-state index contributed by atoms with van der Waals surface area (Å²) in [6, 6.07) is 13.8. The van der Waals surface area contributed by atoms with Crippen LogP contribution in [0.25, 0.3) is 0 Å². The van der Waals surface area contributed by atoms with E-state index in [0.717, 1.165) is 10.6 Å². The highest BCUT2D eigenvalue weighted by Crippen LogP contribution is 2.36. The molecule has 3 rings (SSSR count). The lowest BCUT2D eigenvalue weighted by molar-refractivity contribution is 0.461. The number of phenolic OH excluding ortho intramolecular Hbond substituents is 1. The Balaban J connectivity index is 2.02. The molecule has 21 heavy (non-hydrogen) atoms. The third-order valence-electron chi connectivity index (χ3n) is 3.39. The molecule has 0 aliphatic carbocycles. The van der Waals surface area contributed by atoms with Gasteiger partial charge >= 0.3 is 0 Å². The SMILES string of the molecule is Oc1ccc(F)cc1C(Cc1ccccn1)c1cccs1. The maximum Gasteiger partial charge on any atom is 0.123 e. The van der Waals surface area contributed by atoms with Gasteiger partial charge in [-0.3, -0.25) is 4.98 Å². The molecular formula is C17H14FNOS. The summed E-state index contributed by atoms with van der Waals surface area (Å²) in [6.07, 6.45) is 2.37. The van der Waals surface area contributed by atoms with E-state index in [0.29, 0.717) is 12.0 Å². The summed E-state index contributed by atoms with van der Waals surface area (Å²) in [7, 11) is 0. The number of hydrogen-bond donors (Lipinski definition) is 1. The van der Waals surface area contributed by atoms with Crippen molar-refractivity contribution in [3.05, 3.63) is 82.1 Å². The topological polar surface area (TPSA) is 33.1 Å². The van der Waals surface area contributed by atoms with E-state index in [4.69, 9.17) is 0 Å². The smallest absolute Gasteiger partial charge is 0.123 e. The number of thiophene rings is 1. The third kappa shape index (κ3) is 3.11. The fourth-order valence-corrected chi connectivity index (χ4v) is 3.23. The number of aromatic hydroxyl groups is 1. The highest BCUT2D eigenvalue weighted by Gasteiger charge is 2.20. The molecular weight excluding hydrogens is 285 g/mol. The zero-order chi connectivity index (χ0) is 14.7. The van der Waals surface area contributed by atoms with Crippen LogP contribution < -0.4 is 0 Å². The third-order valence-corrected chi connectivity index (χ3v) is 4.38. The Morgan fingerprint density at radius 1 is 1.14 bits per heavy atom. The Hall–Kier alpha value is -2.20. The summed E-state index contributed by atoms with van der Waals surface area (Å²) < 4.78 is 13.6. The van der Waals surface area contributed by atoms with Crippen LogP contribution in [0.1, 0.15) is 22.1 Å². The standard InChI is InChI=1S/C17H14FNOS/c18-12-6-7-16(20)14(10-12)15(17-5-3-9-21-17)11-13-4-1-2-8-19-13/h1-10,15,20H,11H2. The summed E-state index contributed by atoms with van der Waals surface area (Å²) in [6.45, 7) is 0. The molecule has 4 heteroatoms. The number of halogens is 1. The number of phenols is 1. The van der Waals surface area contributed by atoms with Crippen LogP contribution in [0.4, 0.5) is 4.39 Å². The van der Waals surface area contributed by atoms with E-state index >= 15 is 0 Å². The molecule has 0 saturated heterocycles. The average Bonchev–Trinajstić information content (AvgIpc) is 3.03. The molecule has 2 nitrogen and oxygen atoms in total. The summed E-state index contributed by atoms with van der Waals surface area (Å²) in [5, 5.41) is 12.1. The van der Waals surface area contributed by atoms with Crippen LogP contribution in [0, 0.1) is 5.82 Å². The minimum atomic E-state index is -0.342. The molecule has 0 amide bonds. The zero-order valence-corrected chi connectivity index (χ0v) is 12.1. The predicted molar refractivity (Wildman–Crippen MR) is 82.2 cm³/mol. The Labute approximate surface area is 126 Å². The quantitative estimate of drug-likeness (QED) is 0.776. The van der Waals surface area contributed by atoms with Crippen molar-refractivity contribution in [1.82, 2.24) is 4.98 Å². The van der Waals surface area contributed by atoms with Crippen LogP contribution in [0.5, 0.6) is 5.75 Å². The van der Waals surface area contributed by atoms with Gasteiger partial charge in [-0.2, -0.15) is 0 Å². The molecule has 0 spiro atoms. The number of hydrogen-bond acceptors (Lipinski definition) is 3. The van der Waals surface area contributed by atoms with Crippen molar-refractivity contribution in [2.75, 3.05) is 0 Å². The number of aromatic nitrogens is 1. The van der Waals surface area contributed by atoms with Gasteiger partial charge in [0.15, 0.2) is 0 Å². The van der Waals surface area contributed by atoms with Crippen molar-refractivity contribution < 1.29 is 9.50 Å². The monoisotopic (exact) mass is 299 g/mol. The molecule has 0 saturated carbocycles. The van der Waals surface area contributed by atoms with Crippen molar-refractivity contribution in [3.8, 4) is 5.75 Å². The number of nitrogens with zero attached hydrogens (tertiary/aromatic N) is 1. The van der Waals surface area contributed by atoms with Gasteiger partial charge in [-0.15, -0.1) is 11.3 Å². The van der Waals surface area contributed by atoms with Crippen LogP contribution >= 0.6 is 11.3 Å². The van der Waals surface area contributed by atoms with E-state index < -0.39 is 0 Å². The minimum absolute atomic E-state index is 0.101. The van der Waals surface area contributed by atoms with E-state index in [9.17, 15) is 9.50 Å². The highest BCUT2D eigenvalue weighted by molar-refractivity contribution is 7.10. The van der Waals surface area contributed by atoms with E-state index in [-0.39, 0.29) is 17.5 Å². The van der Waals surface area contributed by atoms with Crippen LogP contribution in [0.2, 0.25) is 0 Å². The van der Waals surface area contributed by atoms with Gasteiger partial charge in [-0.25, -0.2) is 4.39 Å². The molecule has 106 valence electrons. The fraction of sp³-hybridized carbons (Fsp3) is 0.118. The number of benzene rings is 1. The van der Waals surface area contributed by atoms with E-state index in [1.165, 1.54) is 18.2 Å². The maximum absolute atomic E-state index is 13.6. The van der Waals surface area contributed by atoms with Crippen molar-refractivity contribution in [1.29, 1.82) is 0 Å². The fourth-order valence-electron chi connectivity index (χ4n) is 2.39. The first-order chi connectivity index (χ1) is 10.2. The highest BCUT2D eigenvalue weighted by atomic mass is 32.1. The summed E-state index contributed by atoms with van der Waals surface area (Å²) >= 11 is 1.60. The van der Waals surface area contributed by atoms with Gasteiger partial charge in [0.05, 0.1) is 0 Å². The summed E-state index contributed by atoms with van der Waals surface area (Å²) in [5.74, 6) is -0.327. The zero-order valence-electron chi connectivity index (χ0n) is 11.2. The van der Waals surface area contributed by atoms with Crippen molar-refractivity contribution >= 4 is 11.3 Å². The Kier molecular flexibility index (Phi) is 3.97. The Morgan fingerprint density at radius 3 is 2.76 bits per heavy atom. The lowest BCUT2D eigenvalue weighted by Crippen LogP contribution is -2.05. The van der Waals surface area contributed by atoms with Crippen molar-refractivity contribution in [2.24, 2.45) is 0 Å². The van der Waals surface area contributed by atoms with E-state index in [2.05, 4.69) is 4.98 Å². The largest absolute Gasteiger partial charge is 0.508 e. The lowest BCUT2D eigenvalue weighted by atomic mass is 9.91. The Morgan fingerprint density at radius 2 is 2.05 bits per heavy atom. The van der Waals surface area contributed by atoms with Crippen molar-refractivity contribution in [2.45, 2.75) is 12.3 Å². The van der Waals surface area contributed by atoms with Gasteiger partial charge in [0.25, 0.3) is 0 Å². The van der Waals surface area contributed by atoms with Gasteiger partial charge < -0.3 is 5.11 Å². The molecule has 3 aromatic rings. The van der Waals surface area contributed by atoms with Crippen LogP contribution in [0.15, 0.2) is 60.1 Å². The molecule has 2 aromatic heterocycles. The number of pyridine rings is 1. The molecule has 0 fully saturated rings. The molecule has 1 atom stereocenters. The van der Waals surface area contributed by atoms with Gasteiger partial charge in [0.2, 0.25) is 0 Å². The van der Waals surface area contributed by atoms with E-state index in [1.807, 2.05) is 35.7 Å². The second kappa shape index (κ2) is 6.06. The second-order valence-electron chi connectivity index (χ2n) is 4.80. The van der Waals surface area contributed by atoms with Gasteiger partial charge in [0.1, 0.15) is 11.6 Å². The lowest BCUT2D eigenvalue weighted by Gasteiger charge is -2.17. The molecule has 2 heterocycles. The summed E-state index contributed by atoms with van der Waals surface area (Å²) in [4.78, 5) is 5.42. The van der Waals surface area contributed by atoms with E-state index in [1.54, 1.807) is 17.5 Å². The van der Waals surface area contributed by atoms with Crippen LogP contribution in [0.3, 0.4) is 0 Å². The molecule has 0 aliphatic rings. The first-order valence-electron chi connectivity index (χ1n) is 6.66. The maximum atomic E-state index is 13.6. The molecule has 0 radical (unpaired) electrons. The minimum Gasteiger partial charge on any atom is -0.508 e. The van der Waals surface area contributed by atoms with Crippen molar-refractivity contribution in [3.63, 3.8) is 0 Å². The molecule has 1 aromatic carbocycles. The molecule has 1 unspecified atom stereocenters. The molecule has 1 N–H and O–H groups in total. The molecule has 0 bridgehead atoms. The van der Waals surface area contributed by atoms with Crippen LogP contribution in [-0.2, 0) is 6.42 Å². The normalized spacial score (nSPS) is 12.2. The van der Waals surface area contributed by atoms with Gasteiger partial charge in [-0.05, 0) is 41.8 Å². The van der Waals surface area contributed by atoms with Gasteiger partial charge in [-0.1, -0.05) is 12.1 Å².